The number of hydrogen-bond donors (Lipinski definition) is 1. The van der Waals surface area contributed by atoms with Crippen LogP contribution in [0.5, 0.6) is 11.6 Å². The molecule has 0 spiro atoms. The van der Waals surface area contributed by atoms with E-state index in [0.717, 1.165) is 22.4 Å². The molecule has 0 aliphatic heterocycles. The molecule has 0 bridgehead atoms. The molecule has 0 amide bonds. The summed E-state index contributed by atoms with van der Waals surface area (Å²) in [7, 11) is 0. The summed E-state index contributed by atoms with van der Waals surface area (Å²) in [6.45, 7) is 12.1. The van der Waals surface area contributed by atoms with E-state index in [-0.39, 0.29) is 5.92 Å². The lowest BCUT2D eigenvalue weighted by atomic mass is 10.1. The van der Waals surface area contributed by atoms with Gasteiger partial charge in [-0.15, -0.1) is 0 Å². The number of anilines is 1. The van der Waals surface area contributed by atoms with Gasteiger partial charge in [0.05, 0.1) is 5.56 Å². The van der Waals surface area contributed by atoms with Crippen LogP contribution in [0.4, 0.5) is 5.82 Å². The second-order valence-electron chi connectivity index (χ2n) is 5.81. The van der Waals surface area contributed by atoms with Gasteiger partial charge in [0.2, 0.25) is 5.88 Å². The molecule has 1 aromatic heterocycles. The largest absolute Gasteiger partial charge is 0.438 e. The molecule has 1 heterocycles. The number of aromatic nitrogens is 2. The molecule has 2 aromatic rings. The second kappa shape index (κ2) is 5.72. The average Bonchev–Trinajstić information content (AvgIpc) is 2.43. The second-order valence-corrected chi connectivity index (χ2v) is 5.81. The molecule has 21 heavy (non-hydrogen) atoms. The SMILES string of the molecule is Cc1ccc(C)c(Oc2nc(C(C)C)nc(N)c2C)c1C. The topological polar surface area (TPSA) is 61.0 Å². The van der Waals surface area contributed by atoms with Crippen LogP contribution in [0.3, 0.4) is 0 Å². The van der Waals surface area contributed by atoms with Gasteiger partial charge in [0, 0.05) is 5.92 Å². The number of benzene rings is 1. The number of ether oxygens (including phenoxy) is 1. The first kappa shape index (κ1) is 15.3. The average molecular weight is 285 g/mol. The molecule has 2 rings (SSSR count). The van der Waals surface area contributed by atoms with Crippen molar-refractivity contribution in [1.29, 1.82) is 0 Å². The first-order chi connectivity index (χ1) is 9.81. The fourth-order valence-electron chi connectivity index (χ4n) is 2.07. The molecular weight excluding hydrogens is 262 g/mol. The van der Waals surface area contributed by atoms with Crippen molar-refractivity contribution >= 4 is 5.82 Å². The van der Waals surface area contributed by atoms with Gasteiger partial charge in [-0.2, -0.15) is 4.98 Å². The summed E-state index contributed by atoms with van der Waals surface area (Å²) in [5, 5.41) is 0. The van der Waals surface area contributed by atoms with Crippen molar-refractivity contribution in [3.8, 4) is 11.6 Å². The fraction of sp³-hybridized carbons (Fsp3) is 0.412. The van der Waals surface area contributed by atoms with Gasteiger partial charge in [0.1, 0.15) is 17.4 Å². The van der Waals surface area contributed by atoms with Crippen LogP contribution in [-0.4, -0.2) is 9.97 Å². The molecule has 2 N–H and O–H groups in total. The monoisotopic (exact) mass is 285 g/mol. The maximum absolute atomic E-state index is 6.09. The summed E-state index contributed by atoms with van der Waals surface area (Å²) in [6.07, 6.45) is 0. The van der Waals surface area contributed by atoms with E-state index in [0.29, 0.717) is 17.5 Å². The number of hydrogen-bond acceptors (Lipinski definition) is 4. The summed E-state index contributed by atoms with van der Waals surface area (Å²) in [5.41, 5.74) is 10.2. The van der Waals surface area contributed by atoms with E-state index in [4.69, 9.17) is 10.5 Å². The highest BCUT2D eigenvalue weighted by atomic mass is 16.5. The summed E-state index contributed by atoms with van der Waals surface area (Å²) >= 11 is 0. The Morgan fingerprint density at radius 1 is 0.952 bits per heavy atom. The zero-order valence-electron chi connectivity index (χ0n) is 13.6. The smallest absolute Gasteiger partial charge is 0.227 e. The molecule has 1 aromatic carbocycles. The van der Waals surface area contributed by atoms with Crippen molar-refractivity contribution in [2.24, 2.45) is 0 Å². The zero-order valence-corrected chi connectivity index (χ0v) is 13.6. The fourth-order valence-corrected chi connectivity index (χ4v) is 2.07. The Morgan fingerprint density at radius 2 is 1.57 bits per heavy atom. The van der Waals surface area contributed by atoms with Crippen molar-refractivity contribution in [1.82, 2.24) is 9.97 Å². The van der Waals surface area contributed by atoms with Crippen LogP contribution < -0.4 is 10.5 Å². The van der Waals surface area contributed by atoms with Gasteiger partial charge in [-0.05, 0) is 44.4 Å². The summed E-state index contributed by atoms with van der Waals surface area (Å²) < 4.78 is 6.09. The molecule has 0 saturated carbocycles. The Morgan fingerprint density at radius 3 is 2.19 bits per heavy atom. The van der Waals surface area contributed by atoms with Gasteiger partial charge in [0.15, 0.2) is 0 Å². The van der Waals surface area contributed by atoms with Gasteiger partial charge >= 0.3 is 0 Å². The number of nitrogens with two attached hydrogens (primary N) is 1. The maximum atomic E-state index is 6.09. The van der Waals surface area contributed by atoms with E-state index in [1.54, 1.807) is 0 Å². The molecule has 0 unspecified atom stereocenters. The van der Waals surface area contributed by atoms with Gasteiger partial charge < -0.3 is 10.5 Å². The highest BCUT2D eigenvalue weighted by Gasteiger charge is 2.15. The van der Waals surface area contributed by atoms with Gasteiger partial charge in [-0.3, -0.25) is 0 Å². The normalized spacial score (nSPS) is 11.0. The Kier molecular flexibility index (Phi) is 4.16. The van der Waals surface area contributed by atoms with Crippen LogP contribution in [0.1, 0.15) is 47.8 Å². The Bertz CT molecular complexity index is 678. The molecule has 0 saturated heterocycles. The summed E-state index contributed by atoms with van der Waals surface area (Å²) in [5.74, 6) is 2.78. The van der Waals surface area contributed by atoms with E-state index >= 15 is 0 Å². The number of nitrogen functional groups attached to an aromatic ring is 1. The Labute approximate surface area is 126 Å². The highest BCUT2D eigenvalue weighted by molar-refractivity contribution is 5.50. The van der Waals surface area contributed by atoms with E-state index < -0.39 is 0 Å². The van der Waals surface area contributed by atoms with Crippen LogP contribution in [0, 0.1) is 27.7 Å². The first-order valence-electron chi connectivity index (χ1n) is 7.20. The maximum Gasteiger partial charge on any atom is 0.227 e. The lowest BCUT2D eigenvalue weighted by Crippen LogP contribution is -2.07. The number of nitrogens with zero attached hydrogens (tertiary/aromatic N) is 2. The zero-order chi connectivity index (χ0) is 15.7. The molecule has 112 valence electrons. The van der Waals surface area contributed by atoms with Crippen molar-refractivity contribution in [2.75, 3.05) is 5.73 Å². The minimum absolute atomic E-state index is 0.204. The predicted molar refractivity (Wildman–Crippen MR) is 86.0 cm³/mol. The molecule has 4 nitrogen and oxygen atoms in total. The lowest BCUT2D eigenvalue weighted by Gasteiger charge is -2.16. The van der Waals surface area contributed by atoms with Gasteiger partial charge in [-0.25, -0.2) is 4.98 Å². The first-order valence-corrected chi connectivity index (χ1v) is 7.20. The van der Waals surface area contributed by atoms with Crippen LogP contribution in [0.25, 0.3) is 0 Å². The van der Waals surface area contributed by atoms with E-state index in [2.05, 4.69) is 35.9 Å². The van der Waals surface area contributed by atoms with Crippen molar-refractivity contribution in [3.63, 3.8) is 0 Å². The van der Waals surface area contributed by atoms with Crippen molar-refractivity contribution in [2.45, 2.75) is 47.5 Å². The summed E-state index contributed by atoms with van der Waals surface area (Å²) in [6, 6.07) is 4.15. The third kappa shape index (κ3) is 2.99. The molecule has 4 heteroatoms. The molecular formula is C17H23N3O. The van der Waals surface area contributed by atoms with Crippen LogP contribution >= 0.6 is 0 Å². The Hall–Kier alpha value is -2.10. The van der Waals surface area contributed by atoms with Crippen LogP contribution in [0.15, 0.2) is 12.1 Å². The van der Waals surface area contributed by atoms with Crippen molar-refractivity contribution in [3.05, 3.63) is 40.2 Å². The third-order valence-corrected chi connectivity index (χ3v) is 3.74. The third-order valence-electron chi connectivity index (χ3n) is 3.74. The van der Waals surface area contributed by atoms with Crippen LogP contribution in [-0.2, 0) is 0 Å². The van der Waals surface area contributed by atoms with Gasteiger partial charge in [-0.1, -0.05) is 26.0 Å². The van der Waals surface area contributed by atoms with E-state index in [1.165, 1.54) is 5.56 Å². The molecule has 0 fully saturated rings. The number of rotatable bonds is 3. The Balaban J connectivity index is 2.52. The standard InChI is InChI=1S/C17H23N3O/c1-9(2)16-19-15(18)13(6)17(20-16)21-14-11(4)8-7-10(3)12(14)5/h7-9H,1-6H3,(H2,18,19,20). The quantitative estimate of drug-likeness (QED) is 0.917. The predicted octanol–water partition coefficient (Wildman–Crippen LogP) is 4.21. The van der Waals surface area contributed by atoms with Crippen molar-refractivity contribution < 1.29 is 4.74 Å². The molecule has 0 aliphatic rings. The van der Waals surface area contributed by atoms with E-state index in [9.17, 15) is 0 Å². The van der Waals surface area contributed by atoms with Crippen LogP contribution in [0.2, 0.25) is 0 Å². The minimum Gasteiger partial charge on any atom is -0.438 e. The summed E-state index contributed by atoms with van der Waals surface area (Å²) in [4.78, 5) is 8.85. The minimum atomic E-state index is 0.204. The highest BCUT2D eigenvalue weighted by Crippen LogP contribution is 2.33. The number of aryl methyl sites for hydroxylation is 2. The van der Waals surface area contributed by atoms with E-state index in [1.807, 2.05) is 27.7 Å². The lowest BCUT2D eigenvalue weighted by molar-refractivity contribution is 0.446. The molecule has 0 radical (unpaired) electrons. The molecule has 0 atom stereocenters. The molecule has 0 aliphatic carbocycles. The van der Waals surface area contributed by atoms with Gasteiger partial charge in [0.25, 0.3) is 0 Å².